The number of ether oxygens (including phenoxy) is 1. The van der Waals surface area contributed by atoms with Crippen molar-refractivity contribution in [2.24, 2.45) is 11.3 Å². The van der Waals surface area contributed by atoms with Crippen LogP contribution in [0.2, 0.25) is 0 Å². The van der Waals surface area contributed by atoms with E-state index < -0.39 is 0 Å². The molecule has 0 unspecified atom stereocenters. The minimum absolute atomic E-state index is 0.0268. The Morgan fingerprint density at radius 2 is 1.61 bits per heavy atom. The maximum atomic E-state index is 12.6. The Labute approximate surface area is 141 Å². The van der Waals surface area contributed by atoms with Crippen LogP contribution in [0.4, 0.5) is 0 Å². The fourth-order valence-electron chi connectivity index (χ4n) is 4.74. The lowest BCUT2D eigenvalue weighted by atomic mass is 9.62. The van der Waals surface area contributed by atoms with Crippen LogP contribution < -0.4 is 0 Å². The maximum Gasteiger partial charge on any atom is 0.143 e. The summed E-state index contributed by atoms with van der Waals surface area (Å²) in [5.41, 5.74) is -0.134. The van der Waals surface area contributed by atoms with Gasteiger partial charge in [0.1, 0.15) is 5.78 Å². The van der Waals surface area contributed by atoms with E-state index in [-0.39, 0.29) is 16.9 Å². The number of carbonyl (C=O) groups excluding carboxylic acids is 1. The molecule has 4 aliphatic rings. The molecular formula is C19H34N2O2. The molecule has 0 atom stereocenters. The molecule has 2 bridgehead atoms. The molecule has 0 aromatic carbocycles. The Bertz CT molecular complexity index is 414. The third-order valence-corrected chi connectivity index (χ3v) is 6.47. The zero-order valence-electron chi connectivity index (χ0n) is 15.4. The minimum Gasteiger partial charge on any atom is -0.373 e. The molecule has 0 radical (unpaired) electrons. The van der Waals surface area contributed by atoms with Crippen molar-refractivity contribution in [1.82, 2.24) is 9.80 Å². The lowest BCUT2D eigenvalue weighted by Crippen LogP contribution is -2.60. The number of carbonyl (C=O) groups is 1. The van der Waals surface area contributed by atoms with Gasteiger partial charge in [-0.05, 0) is 39.5 Å². The van der Waals surface area contributed by atoms with Gasteiger partial charge in [0.2, 0.25) is 0 Å². The Balaban J connectivity index is 1.55. The van der Waals surface area contributed by atoms with Crippen molar-refractivity contribution in [2.45, 2.75) is 65.0 Å². The molecule has 4 fully saturated rings. The van der Waals surface area contributed by atoms with Crippen molar-refractivity contribution in [1.29, 1.82) is 0 Å². The molecule has 0 amide bonds. The fourth-order valence-corrected chi connectivity index (χ4v) is 4.74. The number of piperazine rings is 1. The van der Waals surface area contributed by atoms with Gasteiger partial charge in [-0.15, -0.1) is 0 Å². The van der Waals surface area contributed by atoms with E-state index in [4.69, 9.17) is 4.74 Å². The Hall–Kier alpha value is -0.450. The van der Waals surface area contributed by atoms with Crippen LogP contribution in [0.15, 0.2) is 0 Å². The number of rotatable bonds is 5. The van der Waals surface area contributed by atoms with E-state index >= 15 is 0 Å². The summed E-state index contributed by atoms with van der Waals surface area (Å²) < 4.78 is 6.34. The van der Waals surface area contributed by atoms with Gasteiger partial charge in [-0.1, -0.05) is 13.8 Å². The summed E-state index contributed by atoms with van der Waals surface area (Å²) in [4.78, 5) is 17.7. The molecule has 1 saturated carbocycles. The van der Waals surface area contributed by atoms with Gasteiger partial charge in [-0.3, -0.25) is 14.6 Å². The first-order chi connectivity index (χ1) is 10.9. The van der Waals surface area contributed by atoms with Gasteiger partial charge < -0.3 is 4.74 Å². The van der Waals surface area contributed by atoms with Crippen molar-refractivity contribution in [3.63, 3.8) is 0 Å². The molecule has 0 spiro atoms. The standard InChI is InChI=1S/C19H34N2O2/c1-15(2)17(22)18-5-7-19(8-6-18,23-14-18)13-20-9-11-21(12-10-20)16(3)4/h15-16H,5-14H2,1-4H3. The highest BCUT2D eigenvalue weighted by molar-refractivity contribution is 5.87. The van der Waals surface area contributed by atoms with Gasteiger partial charge in [0.05, 0.1) is 17.6 Å². The highest BCUT2D eigenvalue weighted by Crippen LogP contribution is 2.50. The number of fused-ring (bicyclic) bond motifs is 3. The third-order valence-electron chi connectivity index (χ3n) is 6.47. The molecular weight excluding hydrogens is 288 g/mol. The number of ketones is 1. The summed E-state index contributed by atoms with van der Waals surface area (Å²) in [5.74, 6) is 0.560. The van der Waals surface area contributed by atoms with Gasteiger partial charge >= 0.3 is 0 Å². The molecule has 132 valence electrons. The Morgan fingerprint density at radius 1 is 1.00 bits per heavy atom. The van der Waals surface area contributed by atoms with Crippen LogP contribution in [0.5, 0.6) is 0 Å². The average molecular weight is 322 g/mol. The van der Waals surface area contributed by atoms with Crippen molar-refractivity contribution in [2.75, 3.05) is 39.3 Å². The Kier molecular flexibility index (Phi) is 4.88. The number of nitrogens with zero attached hydrogens (tertiary/aromatic N) is 2. The highest BCUT2D eigenvalue weighted by atomic mass is 16.5. The van der Waals surface area contributed by atoms with Gasteiger partial charge in [-0.25, -0.2) is 0 Å². The average Bonchev–Trinajstić information content (AvgIpc) is 2.56. The second-order valence-corrected chi connectivity index (χ2v) is 8.68. The van der Waals surface area contributed by atoms with Crippen LogP contribution in [-0.2, 0) is 9.53 Å². The molecule has 0 aromatic rings. The van der Waals surface area contributed by atoms with E-state index in [1.807, 2.05) is 13.8 Å². The minimum atomic E-state index is -0.160. The molecule has 23 heavy (non-hydrogen) atoms. The van der Waals surface area contributed by atoms with Crippen LogP contribution >= 0.6 is 0 Å². The molecule has 4 heteroatoms. The lowest BCUT2D eigenvalue weighted by molar-refractivity contribution is -0.197. The maximum absolute atomic E-state index is 12.6. The predicted octanol–water partition coefficient (Wildman–Crippen LogP) is 2.57. The first kappa shape index (κ1) is 17.4. The van der Waals surface area contributed by atoms with Gasteiger partial charge in [0.15, 0.2) is 0 Å². The van der Waals surface area contributed by atoms with Crippen LogP contribution in [0, 0.1) is 11.3 Å². The van der Waals surface area contributed by atoms with Crippen molar-refractivity contribution < 1.29 is 9.53 Å². The predicted molar refractivity (Wildman–Crippen MR) is 92.6 cm³/mol. The van der Waals surface area contributed by atoms with E-state index in [9.17, 15) is 4.79 Å². The number of hydrogen-bond donors (Lipinski definition) is 0. The molecule has 0 N–H and O–H groups in total. The highest BCUT2D eigenvalue weighted by Gasteiger charge is 2.53. The first-order valence-corrected chi connectivity index (χ1v) is 9.51. The normalized spacial score (nSPS) is 36.1. The second kappa shape index (κ2) is 6.45. The monoisotopic (exact) mass is 322 g/mol. The second-order valence-electron chi connectivity index (χ2n) is 8.68. The quantitative estimate of drug-likeness (QED) is 0.779. The van der Waals surface area contributed by atoms with Crippen molar-refractivity contribution in [3.05, 3.63) is 0 Å². The summed E-state index contributed by atoms with van der Waals surface area (Å²) in [7, 11) is 0. The molecule has 3 aliphatic heterocycles. The Morgan fingerprint density at radius 3 is 2.04 bits per heavy atom. The zero-order valence-corrected chi connectivity index (χ0v) is 15.4. The number of hydrogen-bond acceptors (Lipinski definition) is 4. The molecule has 1 aliphatic carbocycles. The molecule has 3 saturated heterocycles. The summed E-state index contributed by atoms with van der Waals surface area (Å²) >= 11 is 0. The largest absolute Gasteiger partial charge is 0.373 e. The molecule has 0 aromatic heterocycles. The van der Waals surface area contributed by atoms with E-state index in [2.05, 4.69) is 23.6 Å². The van der Waals surface area contributed by atoms with Crippen molar-refractivity contribution in [3.8, 4) is 0 Å². The smallest absolute Gasteiger partial charge is 0.143 e. The molecule has 4 rings (SSSR count). The van der Waals surface area contributed by atoms with E-state index in [1.165, 1.54) is 13.1 Å². The molecule has 3 heterocycles. The first-order valence-electron chi connectivity index (χ1n) is 9.51. The fraction of sp³-hybridized carbons (Fsp3) is 0.947. The third kappa shape index (κ3) is 3.35. The lowest BCUT2D eigenvalue weighted by Gasteiger charge is -2.54. The van der Waals surface area contributed by atoms with Crippen LogP contribution in [0.1, 0.15) is 53.4 Å². The summed E-state index contributed by atoms with van der Waals surface area (Å²) in [6.07, 6.45) is 4.21. The van der Waals surface area contributed by atoms with Gasteiger partial charge in [0.25, 0.3) is 0 Å². The van der Waals surface area contributed by atoms with E-state index in [0.29, 0.717) is 18.4 Å². The van der Waals surface area contributed by atoms with Gasteiger partial charge in [-0.2, -0.15) is 0 Å². The molecule has 4 nitrogen and oxygen atoms in total. The van der Waals surface area contributed by atoms with E-state index in [1.54, 1.807) is 0 Å². The SMILES string of the molecule is CC(C)C(=O)C12CCC(CN3CCN(C(C)C)CC3)(CC1)OC2. The topological polar surface area (TPSA) is 32.8 Å². The number of Topliss-reactive ketones (excluding diaryl/α,β-unsaturated/α-hetero) is 1. The van der Waals surface area contributed by atoms with Crippen LogP contribution in [-0.4, -0.2) is 66.6 Å². The summed E-state index contributed by atoms with van der Waals surface area (Å²) in [5, 5.41) is 0. The zero-order chi connectivity index (χ0) is 16.7. The van der Waals surface area contributed by atoms with Gasteiger partial charge in [0, 0.05) is 44.7 Å². The van der Waals surface area contributed by atoms with Crippen LogP contribution in [0.25, 0.3) is 0 Å². The summed E-state index contributed by atoms with van der Waals surface area (Å²) in [6, 6.07) is 0.651. The van der Waals surface area contributed by atoms with Crippen molar-refractivity contribution >= 4 is 5.78 Å². The van der Waals surface area contributed by atoms with Crippen LogP contribution in [0.3, 0.4) is 0 Å². The van der Waals surface area contributed by atoms with E-state index in [0.717, 1.165) is 45.3 Å². The summed E-state index contributed by atoms with van der Waals surface area (Å²) in [6.45, 7) is 15.0.